The van der Waals surface area contributed by atoms with Crippen molar-refractivity contribution in [2.75, 3.05) is 10.6 Å². The number of hydrogen-bond donors (Lipinski definition) is 2. The van der Waals surface area contributed by atoms with Gasteiger partial charge in [0, 0.05) is 18.4 Å². The normalized spacial score (nSPS) is 11.8. The molecule has 144 valence electrons. The molecular formula is C24H27N3O. The Bertz CT molecular complexity index is 824. The third kappa shape index (κ3) is 5.43. The third-order valence-corrected chi connectivity index (χ3v) is 4.85. The molecule has 1 amide bonds. The van der Waals surface area contributed by atoms with E-state index in [0.717, 1.165) is 23.2 Å². The SMILES string of the molecule is CCC(C)Nc1ccc(NC(=O)CC(c2ccccc2)c2ccccc2)nc1. The Morgan fingerprint density at radius 3 is 2.04 bits per heavy atom. The summed E-state index contributed by atoms with van der Waals surface area (Å²) < 4.78 is 0. The average molecular weight is 374 g/mol. The van der Waals surface area contributed by atoms with Crippen molar-refractivity contribution in [3.05, 3.63) is 90.1 Å². The zero-order valence-electron chi connectivity index (χ0n) is 16.4. The molecule has 2 N–H and O–H groups in total. The van der Waals surface area contributed by atoms with E-state index in [-0.39, 0.29) is 11.8 Å². The Labute approximate surface area is 167 Å². The molecule has 3 rings (SSSR count). The van der Waals surface area contributed by atoms with Gasteiger partial charge in [0.1, 0.15) is 5.82 Å². The van der Waals surface area contributed by atoms with Gasteiger partial charge in [-0.15, -0.1) is 0 Å². The predicted molar refractivity (Wildman–Crippen MR) is 116 cm³/mol. The van der Waals surface area contributed by atoms with Crippen molar-refractivity contribution in [2.24, 2.45) is 0 Å². The van der Waals surface area contributed by atoms with Crippen LogP contribution in [-0.2, 0) is 4.79 Å². The number of benzene rings is 2. The van der Waals surface area contributed by atoms with Crippen LogP contribution >= 0.6 is 0 Å². The molecule has 28 heavy (non-hydrogen) atoms. The van der Waals surface area contributed by atoms with E-state index in [9.17, 15) is 4.79 Å². The molecule has 1 aromatic heterocycles. The smallest absolute Gasteiger partial charge is 0.226 e. The molecule has 0 aliphatic heterocycles. The first-order valence-corrected chi connectivity index (χ1v) is 9.78. The maximum absolute atomic E-state index is 12.7. The van der Waals surface area contributed by atoms with Gasteiger partial charge in [0.25, 0.3) is 0 Å². The van der Waals surface area contributed by atoms with E-state index in [1.807, 2.05) is 48.5 Å². The second-order valence-corrected chi connectivity index (χ2v) is 7.01. The number of carbonyl (C=O) groups is 1. The van der Waals surface area contributed by atoms with Gasteiger partial charge in [-0.3, -0.25) is 4.79 Å². The van der Waals surface area contributed by atoms with E-state index in [4.69, 9.17) is 0 Å². The lowest BCUT2D eigenvalue weighted by molar-refractivity contribution is -0.116. The zero-order valence-corrected chi connectivity index (χ0v) is 16.4. The number of rotatable bonds is 8. The fourth-order valence-electron chi connectivity index (χ4n) is 3.12. The lowest BCUT2D eigenvalue weighted by atomic mass is 9.88. The molecule has 0 saturated carbocycles. The molecular weight excluding hydrogens is 346 g/mol. The van der Waals surface area contributed by atoms with E-state index in [1.165, 1.54) is 0 Å². The molecule has 1 heterocycles. The number of anilines is 2. The molecule has 4 heteroatoms. The van der Waals surface area contributed by atoms with Gasteiger partial charge in [-0.25, -0.2) is 4.98 Å². The van der Waals surface area contributed by atoms with E-state index in [2.05, 4.69) is 53.7 Å². The van der Waals surface area contributed by atoms with Crippen LogP contribution in [-0.4, -0.2) is 16.9 Å². The molecule has 0 radical (unpaired) electrons. The first kappa shape index (κ1) is 19.6. The zero-order chi connectivity index (χ0) is 19.8. The number of carbonyl (C=O) groups excluding carboxylic acids is 1. The van der Waals surface area contributed by atoms with Crippen LogP contribution in [0.1, 0.15) is 43.7 Å². The lowest BCUT2D eigenvalue weighted by Crippen LogP contribution is -2.17. The van der Waals surface area contributed by atoms with Crippen LogP contribution in [0.15, 0.2) is 79.0 Å². The summed E-state index contributed by atoms with van der Waals surface area (Å²) in [6, 6.07) is 24.5. The first-order chi connectivity index (χ1) is 13.7. The molecule has 0 aliphatic carbocycles. The van der Waals surface area contributed by atoms with Crippen molar-refractivity contribution in [2.45, 2.75) is 38.6 Å². The Morgan fingerprint density at radius 2 is 1.54 bits per heavy atom. The van der Waals surface area contributed by atoms with Crippen LogP contribution in [0.25, 0.3) is 0 Å². The molecule has 1 unspecified atom stereocenters. The van der Waals surface area contributed by atoms with Crippen molar-refractivity contribution in [1.82, 2.24) is 4.98 Å². The first-order valence-electron chi connectivity index (χ1n) is 9.78. The Hall–Kier alpha value is -3.14. The maximum Gasteiger partial charge on any atom is 0.226 e. The largest absolute Gasteiger partial charge is 0.381 e. The van der Waals surface area contributed by atoms with Crippen LogP contribution < -0.4 is 10.6 Å². The fraction of sp³-hybridized carbons (Fsp3) is 0.250. The second kappa shape index (κ2) is 9.70. The number of amides is 1. The van der Waals surface area contributed by atoms with Gasteiger partial charge in [-0.1, -0.05) is 67.6 Å². The second-order valence-electron chi connectivity index (χ2n) is 7.01. The topological polar surface area (TPSA) is 54.0 Å². The quantitative estimate of drug-likeness (QED) is 0.552. The van der Waals surface area contributed by atoms with Gasteiger partial charge in [-0.2, -0.15) is 0 Å². The summed E-state index contributed by atoms with van der Waals surface area (Å²) in [5.74, 6) is 0.529. The highest BCUT2D eigenvalue weighted by Gasteiger charge is 2.18. The fourth-order valence-corrected chi connectivity index (χ4v) is 3.12. The highest BCUT2D eigenvalue weighted by Crippen LogP contribution is 2.28. The standard InChI is InChI=1S/C24H27N3O/c1-3-18(2)26-21-14-15-23(25-17-21)27-24(28)16-22(19-10-6-4-7-11-19)20-12-8-5-9-13-20/h4-15,17-18,22,26H,3,16H2,1-2H3,(H,25,27,28). The summed E-state index contributed by atoms with van der Waals surface area (Å²) in [7, 11) is 0. The van der Waals surface area contributed by atoms with Crippen molar-refractivity contribution in [3.63, 3.8) is 0 Å². The number of nitrogens with zero attached hydrogens (tertiary/aromatic N) is 1. The molecule has 0 bridgehead atoms. The lowest BCUT2D eigenvalue weighted by Gasteiger charge is -2.18. The molecule has 2 aromatic carbocycles. The maximum atomic E-state index is 12.7. The summed E-state index contributed by atoms with van der Waals surface area (Å²) in [6.45, 7) is 4.26. The summed E-state index contributed by atoms with van der Waals surface area (Å²) in [6.07, 6.45) is 3.16. The minimum Gasteiger partial charge on any atom is -0.381 e. The molecule has 3 aromatic rings. The van der Waals surface area contributed by atoms with Gasteiger partial charge < -0.3 is 10.6 Å². The monoisotopic (exact) mass is 373 g/mol. The van der Waals surface area contributed by atoms with E-state index in [1.54, 1.807) is 6.20 Å². The summed E-state index contributed by atoms with van der Waals surface area (Å²) in [5.41, 5.74) is 3.22. The molecule has 0 aliphatic rings. The Morgan fingerprint density at radius 1 is 0.929 bits per heavy atom. The number of aromatic nitrogens is 1. The third-order valence-electron chi connectivity index (χ3n) is 4.85. The minimum atomic E-state index is -0.0483. The van der Waals surface area contributed by atoms with E-state index < -0.39 is 0 Å². The van der Waals surface area contributed by atoms with Crippen molar-refractivity contribution in [3.8, 4) is 0 Å². The van der Waals surface area contributed by atoms with Gasteiger partial charge in [0.05, 0.1) is 11.9 Å². The van der Waals surface area contributed by atoms with Gasteiger partial charge >= 0.3 is 0 Å². The van der Waals surface area contributed by atoms with Gasteiger partial charge in [0.15, 0.2) is 0 Å². The number of nitrogens with one attached hydrogen (secondary N) is 2. The summed E-state index contributed by atoms with van der Waals surface area (Å²) in [4.78, 5) is 17.1. The van der Waals surface area contributed by atoms with E-state index in [0.29, 0.717) is 18.3 Å². The summed E-state index contributed by atoms with van der Waals surface area (Å²) >= 11 is 0. The highest BCUT2D eigenvalue weighted by molar-refractivity contribution is 5.90. The van der Waals surface area contributed by atoms with Crippen LogP contribution in [0.3, 0.4) is 0 Å². The highest BCUT2D eigenvalue weighted by atomic mass is 16.1. The molecule has 0 spiro atoms. The molecule has 1 atom stereocenters. The van der Waals surface area contributed by atoms with Crippen molar-refractivity contribution >= 4 is 17.4 Å². The molecule has 4 nitrogen and oxygen atoms in total. The van der Waals surface area contributed by atoms with Crippen LogP contribution in [0, 0.1) is 0 Å². The van der Waals surface area contributed by atoms with Crippen molar-refractivity contribution < 1.29 is 4.79 Å². The minimum absolute atomic E-state index is 0.00810. The number of hydrogen-bond acceptors (Lipinski definition) is 3. The van der Waals surface area contributed by atoms with Gasteiger partial charge in [-0.05, 0) is 36.6 Å². The average Bonchev–Trinajstić information content (AvgIpc) is 2.74. The molecule has 0 fully saturated rings. The number of pyridine rings is 1. The summed E-state index contributed by atoms with van der Waals surface area (Å²) in [5, 5.41) is 6.30. The van der Waals surface area contributed by atoms with Crippen molar-refractivity contribution in [1.29, 1.82) is 0 Å². The van der Waals surface area contributed by atoms with E-state index >= 15 is 0 Å². The van der Waals surface area contributed by atoms with Crippen LogP contribution in [0.5, 0.6) is 0 Å². The van der Waals surface area contributed by atoms with Crippen LogP contribution in [0.4, 0.5) is 11.5 Å². The van der Waals surface area contributed by atoms with Gasteiger partial charge in [0.2, 0.25) is 5.91 Å². The Kier molecular flexibility index (Phi) is 6.79. The molecule has 0 saturated heterocycles. The predicted octanol–water partition coefficient (Wildman–Crippen LogP) is 5.45. The van der Waals surface area contributed by atoms with Crippen LogP contribution in [0.2, 0.25) is 0 Å². The Balaban J connectivity index is 1.69.